The van der Waals surface area contributed by atoms with Crippen molar-refractivity contribution in [1.82, 2.24) is 5.09 Å². The Balaban J connectivity index is 2.46. The van der Waals surface area contributed by atoms with E-state index in [1.54, 1.807) is 0 Å². The number of rotatable bonds is 3. The van der Waals surface area contributed by atoms with Crippen molar-refractivity contribution in [3.05, 3.63) is 0 Å². The van der Waals surface area contributed by atoms with Crippen LogP contribution in [0.1, 0.15) is 26.7 Å². The summed E-state index contributed by atoms with van der Waals surface area (Å²) < 4.78 is 16.1. The summed E-state index contributed by atoms with van der Waals surface area (Å²) in [7, 11) is -2.56. The molecule has 72 valence electrons. The quantitative estimate of drug-likeness (QED) is 0.654. The zero-order chi connectivity index (χ0) is 9.14. The van der Waals surface area contributed by atoms with Gasteiger partial charge >= 0.3 is 0 Å². The second-order valence-electron chi connectivity index (χ2n) is 3.19. The fourth-order valence-electron chi connectivity index (χ4n) is 1.65. The van der Waals surface area contributed by atoms with Crippen molar-refractivity contribution < 1.29 is 14.2 Å². The van der Waals surface area contributed by atoms with Gasteiger partial charge in [0.25, 0.3) is 8.18 Å². The first kappa shape index (κ1) is 10.2. The van der Waals surface area contributed by atoms with Crippen molar-refractivity contribution in [2.24, 2.45) is 0 Å². The minimum absolute atomic E-state index is 0.0568. The van der Waals surface area contributed by atoms with Crippen LogP contribution in [0.2, 0.25) is 0 Å². The average Bonchev–Trinajstić information content (AvgIpc) is 2.29. The predicted octanol–water partition coefficient (Wildman–Crippen LogP) is 0.914. The monoisotopic (exact) mass is 193 g/mol. The highest BCUT2D eigenvalue weighted by Gasteiger charge is 2.31. The zero-order valence-corrected chi connectivity index (χ0v) is 8.41. The minimum Gasteiger partial charge on any atom is -0.374 e. The van der Waals surface area contributed by atoms with E-state index in [0.717, 1.165) is 12.8 Å². The summed E-state index contributed by atoms with van der Waals surface area (Å²) in [5.74, 6) is 0. The van der Waals surface area contributed by atoms with Crippen molar-refractivity contribution in [1.29, 1.82) is 0 Å². The molecule has 5 heteroatoms. The van der Waals surface area contributed by atoms with Crippen LogP contribution in [-0.4, -0.2) is 23.1 Å². The standard InChI is InChI=1S/C7H16NO3P/c1-3-7-6(8-12(9)10)4-5(2)11-7/h5-7,12H,3-4H2,1-2H3,(H2,8,9,10)/t5-,6-,7+/m0/s1. The summed E-state index contributed by atoms with van der Waals surface area (Å²) >= 11 is 0. The molecular weight excluding hydrogens is 177 g/mol. The van der Waals surface area contributed by atoms with Gasteiger partial charge in [0.15, 0.2) is 0 Å². The normalized spacial score (nSPS) is 38.4. The summed E-state index contributed by atoms with van der Waals surface area (Å²) in [4.78, 5) is 8.69. The van der Waals surface area contributed by atoms with Crippen molar-refractivity contribution >= 4 is 8.18 Å². The molecule has 0 saturated carbocycles. The van der Waals surface area contributed by atoms with Crippen LogP contribution in [-0.2, 0) is 9.30 Å². The lowest BCUT2D eigenvalue weighted by atomic mass is 10.1. The van der Waals surface area contributed by atoms with Gasteiger partial charge in [-0.15, -0.1) is 0 Å². The third-order valence-corrected chi connectivity index (χ3v) is 2.77. The molecule has 0 amide bonds. The molecule has 0 spiro atoms. The zero-order valence-electron chi connectivity index (χ0n) is 7.41. The molecule has 0 aromatic rings. The minimum atomic E-state index is -2.56. The molecule has 0 bridgehead atoms. The molecule has 1 saturated heterocycles. The first-order chi connectivity index (χ1) is 5.63. The maximum Gasteiger partial charge on any atom is 0.256 e. The average molecular weight is 193 g/mol. The highest BCUT2D eigenvalue weighted by Crippen LogP contribution is 2.25. The molecule has 0 aromatic heterocycles. The molecule has 4 atom stereocenters. The van der Waals surface area contributed by atoms with Gasteiger partial charge in [0.05, 0.1) is 12.2 Å². The van der Waals surface area contributed by atoms with Gasteiger partial charge in [0.1, 0.15) is 0 Å². The Morgan fingerprint density at radius 3 is 2.92 bits per heavy atom. The smallest absolute Gasteiger partial charge is 0.256 e. The van der Waals surface area contributed by atoms with Gasteiger partial charge < -0.3 is 9.63 Å². The number of hydrogen-bond acceptors (Lipinski definition) is 2. The first-order valence-corrected chi connectivity index (χ1v) is 5.64. The van der Waals surface area contributed by atoms with Crippen molar-refractivity contribution in [3.8, 4) is 0 Å². The van der Waals surface area contributed by atoms with Crippen LogP contribution in [0.25, 0.3) is 0 Å². The van der Waals surface area contributed by atoms with Crippen molar-refractivity contribution in [2.75, 3.05) is 0 Å². The summed E-state index contributed by atoms with van der Waals surface area (Å²) in [5, 5.41) is 2.65. The van der Waals surface area contributed by atoms with Crippen LogP contribution in [0.4, 0.5) is 0 Å². The second kappa shape index (κ2) is 4.38. The number of nitrogens with one attached hydrogen (secondary N) is 1. The third kappa shape index (κ3) is 2.56. The van der Waals surface area contributed by atoms with Crippen LogP contribution < -0.4 is 5.09 Å². The van der Waals surface area contributed by atoms with Gasteiger partial charge in [-0.05, 0) is 19.8 Å². The lowest BCUT2D eigenvalue weighted by Gasteiger charge is -2.15. The molecular formula is C7H16NO3P. The SMILES string of the molecule is CC[C@H]1O[C@@H](C)C[C@@H]1N[PH](=O)O. The molecule has 1 heterocycles. The van der Waals surface area contributed by atoms with E-state index in [2.05, 4.69) is 5.09 Å². The Hall–Kier alpha value is 0.110. The summed E-state index contributed by atoms with van der Waals surface area (Å²) in [6.07, 6.45) is 2.02. The molecule has 1 unspecified atom stereocenters. The lowest BCUT2D eigenvalue weighted by molar-refractivity contribution is 0.0485. The van der Waals surface area contributed by atoms with Crippen LogP contribution in [0.15, 0.2) is 0 Å². The van der Waals surface area contributed by atoms with Crippen LogP contribution in [0.3, 0.4) is 0 Å². The van der Waals surface area contributed by atoms with E-state index in [4.69, 9.17) is 9.63 Å². The maximum absolute atomic E-state index is 10.5. The van der Waals surface area contributed by atoms with E-state index < -0.39 is 8.18 Å². The highest BCUT2D eigenvalue weighted by molar-refractivity contribution is 7.35. The van der Waals surface area contributed by atoms with Gasteiger partial charge in [-0.3, -0.25) is 4.57 Å². The topological polar surface area (TPSA) is 58.6 Å². The number of hydrogen-bond donors (Lipinski definition) is 2. The van der Waals surface area contributed by atoms with E-state index in [9.17, 15) is 4.57 Å². The third-order valence-electron chi connectivity index (χ3n) is 2.15. The Morgan fingerprint density at radius 1 is 1.75 bits per heavy atom. The highest BCUT2D eigenvalue weighted by atomic mass is 31.1. The Bertz CT molecular complexity index is 176. The van der Waals surface area contributed by atoms with E-state index in [1.807, 2.05) is 13.8 Å². The molecule has 0 aromatic carbocycles. The summed E-state index contributed by atoms with van der Waals surface area (Å²) in [6.45, 7) is 4.00. The van der Waals surface area contributed by atoms with Gasteiger partial charge in [-0.25, -0.2) is 5.09 Å². The molecule has 0 aliphatic carbocycles. The van der Waals surface area contributed by atoms with Crippen LogP contribution >= 0.6 is 8.18 Å². The number of ether oxygens (including phenoxy) is 1. The molecule has 2 N–H and O–H groups in total. The summed E-state index contributed by atoms with van der Waals surface area (Å²) in [6, 6.07) is 0.0568. The summed E-state index contributed by atoms with van der Waals surface area (Å²) in [5.41, 5.74) is 0. The Morgan fingerprint density at radius 2 is 2.42 bits per heavy atom. The van der Waals surface area contributed by atoms with E-state index in [-0.39, 0.29) is 18.2 Å². The second-order valence-corrected chi connectivity index (χ2v) is 4.08. The van der Waals surface area contributed by atoms with Crippen LogP contribution in [0.5, 0.6) is 0 Å². The molecule has 4 nitrogen and oxygen atoms in total. The largest absolute Gasteiger partial charge is 0.374 e. The maximum atomic E-state index is 10.5. The van der Waals surface area contributed by atoms with Crippen molar-refractivity contribution in [3.63, 3.8) is 0 Å². The van der Waals surface area contributed by atoms with E-state index in [0.29, 0.717) is 0 Å². The van der Waals surface area contributed by atoms with Crippen molar-refractivity contribution in [2.45, 2.75) is 44.9 Å². The Kier molecular flexibility index (Phi) is 3.72. The first-order valence-electron chi connectivity index (χ1n) is 4.28. The molecule has 12 heavy (non-hydrogen) atoms. The van der Waals surface area contributed by atoms with Gasteiger partial charge in [0, 0.05) is 6.04 Å². The fourth-order valence-corrected chi connectivity index (χ4v) is 2.27. The van der Waals surface area contributed by atoms with Crippen LogP contribution in [0, 0.1) is 0 Å². The molecule has 1 aliphatic heterocycles. The lowest BCUT2D eigenvalue weighted by Crippen LogP contribution is -2.31. The van der Waals surface area contributed by atoms with Gasteiger partial charge in [-0.2, -0.15) is 0 Å². The molecule has 1 fully saturated rings. The van der Waals surface area contributed by atoms with Gasteiger partial charge in [-0.1, -0.05) is 6.92 Å². The van der Waals surface area contributed by atoms with Gasteiger partial charge in [0.2, 0.25) is 0 Å². The molecule has 1 rings (SSSR count). The Labute approximate surface area is 73.2 Å². The van der Waals surface area contributed by atoms with E-state index >= 15 is 0 Å². The molecule has 1 aliphatic rings. The fraction of sp³-hybridized carbons (Fsp3) is 1.00. The van der Waals surface area contributed by atoms with E-state index in [1.165, 1.54) is 0 Å². The predicted molar refractivity (Wildman–Crippen MR) is 47.4 cm³/mol. The molecule has 0 radical (unpaired) electrons.